The Labute approximate surface area is 70.3 Å². The van der Waals surface area contributed by atoms with Crippen molar-refractivity contribution in [3.8, 4) is 0 Å². The van der Waals surface area contributed by atoms with Crippen LogP contribution < -0.4 is 0 Å². The molecule has 0 atom stereocenters. The minimum atomic E-state index is 0. The molecule has 0 unspecified atom stereocenters. The molecule has 1 aromatic rings. The van der Waals surface area contributed by atoms with Gasteiger partial charge in [-0.3, -0.25) is 0 Å². The van der Waals surface area contributed by atoms with Crippen molar-refractivity contribution in [3.05, 3.63) is 23.5 Å². The van der Waals surface area contributed by atoms with Gasteiger partial charge in [0.1, 0.15) is 0 Å². The van der Waals surface area contributed by atoms with Gasteiger partial charge in [0.15, 0.2) is 0 Å². The lowest BCUT2D eigenvalue weighted by Gasteiger charge is -1.99. The Morgan fingerprint density at radius 1 is 1.18 bits per heavy atom. The third kappa shape index (κ3) is 1.86. The van der Waals surface area contributed by atoms with E-state index in [9.17, 15) is 0 Å². The molecular formula is C10H19N. The van der Waals surface area contributed by atoms with E-state index in [0.717, 1.165) is 0 Å². The maximum Gasteiger partial charge on any atom is 0.0176 e. The normalized spacial score (nSPS) is 11.5. The minimum Gasteiger partial charge on any atom is -0.364 e. The highest BCUT2D eigenvalue weighted by Crippen LogP contribution is 2.19. The molecule has 1 heterocycles. The maximum atomic E-state index is 3.29. The van der Waals surface area contributed by atoms with E-state index < -0.39 is 0 Å². The summed E-state index contributed by atoms with van der Waals surface area (Å²) in [6, 6.07) is 2.26. The van der Waals surface area contributed by atoms with E-state index in [0.29, 0.717) is 11.8 Å². The molecule has 0 aliphatic rings. The summed E-state index contributed by atoms with van der Waals surface area (Å²) < 4.78 is 0. The molecule has 0 aliphatic carbocycles. The third-order valence-corrected chi connectivity index (χ3v) is 2.02. The van der Waals surface area contributed by atoms with Gasteiger partial charge < -0.3 is 4.98 Å². The van der Waals surface area contributed by atoms with Crippen LogP contribution in [0.15, 0.2) is 12.3 Å². The Kier molecular flexibility index (Phi) is 2.38. The predicted molar refractivity (Wildman–Crippen MR) is 51.1 cm³/mol. The van der Waals surface area contributed by atoms with E-state index in [4.69, 9.17) is 0 Å². The summed E-state index contributed by atoms with van der Waals surface area (Å²) in [6.07, 6.45) is 2.11. The van der Waals surface area contributed by atoms with Gasteiger partial charge >= 0.3 is 0 Å². The zero-order valence-electron chi connectivity index (χ0n) is 7.81. The number of hydrogen-bond acceptors (Lipinski definition) is 0. The average Bonchev–Trinajstić information content (AvgIpc) is 2.33. The lowest BCUT2D eigenvalue weighted by Crippen LogP contribution is -1.85. The Morgan fingerprint density at radius 3 is 2.09 bits per heavy atom. The summed E-state index contributed by atoms with van der Waals surface area (Å²) in [5.74, 6) is 1.25. The van der Waals surface area contributed by atoms with Crippen molar-refractivity contribution in [3.63, 3.8) is 0 Å². The molecule has 0 aromatic carbocycles. The number of nitrogens with one attached hydrogen (secondary N) is 1. The molecule has 0 spiro atoms. The summed E-state index contributed by atoms with van der Waals surface area (Å²) in [5, 5.41) is 0. The molecule has 1 rings (SSSR count). The van der Waals surface area contributed by atoms with Crippen molar-refractivity contribution < 1.29 is 1.43 Å². The zero-order chi connectivity index (χ0) is 8.43. The van der Waals surface area contributed by atoms with Crippen LogP contribution in [0, 0.1) is 0 Å². The molecule has 1 aromatic heterocycles. The SMILES string of the molecule is CC(C)c1c[nH]c(C(C)C)c1.[HH]. The van der Waals surface area contributed by atoms with Crippen LogP contribution in [0.3, 0.4) is 0 Å². The van der Waals surface area contributed by atoms with Crippen LogP contribution >= 0.6 is 0 Å². The number of aromatic amines is 1. The molecule has 64 valence electrons. The second kappa shape index (κ2) is 3.12. The highest BCUT2D eigenvalue weighted by molar-refractivity contribution is 5.21. The first kappa shape index (κ1) is 8.38. The molecule has 11 heavy (non-hydrogen) atoms. The summed E-state index contributed by atoms with van der Waals surface area (Å²) in [6.45, 7) is 8.84. The van der Waals surface area contributed by atoms with Crippen LogP contribution in [-0.2, 0) is 0 Å². The van der Waals surface area contributed by atoms with E-state index >= 15 is 0 Å². The molecule has 0 radical (unpaired) electrons. The first-order valence-corrected chi connectivity index (χ1v) is 4.29. The van der Waals surface area contributed by atoms with Crippen LogP contribution in [0.25, 0.3) is 0 Å². The predicted octanol–water partition coefficient (Wildman–Crippen LogP) is 3.51. The Hall–Kier alpha value is -0.720. The molecule has 1 heteroatoms. The van der Waals surface area contributed by atoms with Gasteiger partial charge in [-0.15, -0.1) is 0 Å². The average molecular weight is 153 g/mol. The van der Waals surface area contributed by atoms with Crippen LogP contribution in [0.1, 0.15) is 52.2 Å². The van der Waals surface area contributed by atoms with Crippen LogP contribution in [0.5, 0.6) is 0 Å². The lowest BCUT2D eigenvalue weighted by molar-refractivity contribution is 0.831. The summed E-state index contributed by atoms with van der Waals surface area (Å²) >= 11 is 0. The van der Waals surface area contributed by atoms with E-state index in [1.165, 1.54) is 11.3 Å². The quantitative estimate of drug-likeness (QED) is 0.669. The van der Waals surface area contributed by atoms with E-state index in [-0.39, 0.29) is 1.43 Å². The van der Waals surface area contributed by atoms with Crippen molar-refractivity contribution in [2.45, 2.75) is 39.5 Å². The highest BCUT2D eigenvalue weighted by Gasteiger charge is 2.04. The van der Waals surface area contributed by atoms with Crippen molar-refractivity contribution in [2.24, 2.45) is 0 Å². The Balaban J connectivity index is 0.00000121. The van der Waals surface area contributed by atoms with E-state index in [1.54, 1.807) is 0 Å². The highest BCUT2D eigenvalue weighted by atomic mass is 14.7. The van der Waals surface area contributed by atoms with E-state index in [1.807, 2.05) is 0 Å². The van der Waals surface area contributed by atoms with Gasteiger partial charge in [0.2, 0.25) is 0 Å². The maximum absolute atomic E-state index is 3.29. The molecule has 0 bridgehead atoms. The van der Waals surface area contributed by atoms with Crippen LogP contribution in [-0.4, -0.2) is 4.98 Å². The smallest absolute Gasteiger partial charge is 0.0176 e. The van der Waals surface area contributed by atoms with Crippen LogP contribution in [0.4, 0.5) is 0 Å². The molecule has 1 N–H and O–H groups in total. The fourth-order valence-corrected chi connectivity index (χ4v) is 1.10. The minimum absolute atomic E-state index is 0. The lowest BCUT2D eigenvalue weighted by atomic mass is 10.1. The van der Waals surface area contributed by atoms with Crippen molar-refractivity contribution >= 4 is 0 Å². The fraction of sp³-hybridized carbons (Fsp3) is 0.600. The first-order valence-electron chi connectivity index (χ1n) is 4.29. The second-order valence-electron chi connectivity index (χ2n) is 3.70. The van der Waals surface area contributed by atoms with Gasteiger partial charge in [-0.05, 0) is 23.5 Å². The van der Waals surface area contributed by atoms with Crippen molar-refractivity contribution in [1.29, 1.82) is 0 Å². The molecule has 0 aliphatic heterocycles. The van der Waals surface area contributed by atoms with Crippen LogP contribution in [0.2, 0.25) is 0 Å². The van der Waals surface area contributed by atoms with E-state index in [2.05, 4.69) is 44.9 Å². The molecule has 0 amide bonds. The standard InChI is InChI=1S/C10H17N.H2/c1-7(2)9-5-10(8(3)4)11-6-9;/h5-8,11H,1-4H3;1H. The summed E-state index contributed by atoms with van der Waals surface area (Å²) in [4.78, 5) is 3.29. The number of aromatic nitrogens is 1. The van der Waals surface area contributed by atoms with Gasteiger partial charge in [-0.25, -0.2) is 0 Å². The molecular weight excluding hydrogens is 134 g/mol. The third-order valence-electron chi connectivity index (χ3n) is 2.02. The molecule has 1 nitrogen and oxygen atoms in total. The number of H-pyrrole nitrogens is 1. The van der Waals surface area contributed by atoms with Gasteiger partial charge in [0, 0.05) is 13.3 Å². The largest absolute Gasteiger partial charge is 0.364 e. The fourth-order valence-electron chi connectivity index (χ4n) is 1.10. The molecule has 0 fully saturated rings. The topological polar surface area (TPSA) is 15.8 Å². The van der Waals surface area contributed by atoms with Gasteiger partial charge in [-0.2, -0.15) is 0 Å². The van der Waals surface area contributed by atoms with Crippen molar-refractivity contribution in [2.75, 3.05) is 0 Å². The molecule has 0 saturated heterocycles. The van der Waals surface area contributed by atoms with Crippen molar-refractivity contribution in [1.82, 2.24) is 4.98 Å². The second-order valence-corrected chi connectivity index (χ2v) is 3.70. The monoisotopic (exact) mass is 153 g/mol. The summed E-state index contributed by atoms with van der Waals surface area (Å²) in [5.41, 5.74) is 2.75. The Morgan fingerprint density at radius 2 is 1.82 bits per heavy atom. The number of hydrogen-bond donors (Lipinski definition) is 1. The summed E-state index contributed by atoms with van der Waals surface area (Å²) in [7, 11) is 0. The zero-order valence-corrected chi connectivity index (χ0v) is 7.81. The van der Waals surface area contributed by atoms with Gasteiger partial charge in [-0.1, -0.05) is 27.7 Å². The van der Waals surface area contributed by atoms with Gasteiger partial charge in [0.25, 0.3) is 0 Å². The first-order chi connectivity index (χ1) is 5.11. The molecule has 0 saturated carbocycles. The van der Waals surface area contributed by atoms with Gasteiger partial charge in [0.05, 0.1) is 0 Å². The Bertz CT molecular complexity index is 203. The number of rotatable bonds is 2.